The molecule has 1 aliphatic heterocycles. The van der Waals surface area contributed by atoms with Crippen LogP contribution < -0.4 is 20.1 Å². The van der Waals surface area contributed by atoms with Crippen molar-refractivity contribution in [3.05, 3.63) is 101 Å². The molecule has 0 saturated carbocycles. The molecule has 1 aliphatic rings. The number of carbonyl (C=O) groups is 1. The Morgan fingerprint density at radius 1 is 0.976 bits per heavy atom. The maximum atomic E-state index is 13.7. The van der Waals surface area contributed by atoms with E-state index in [1.807, 2.05) is 30.3 Å². The number of hydrogen-bond donors (Lipinski definition) is 3. The quantitative estimate of drug-likeness (QED) is 0.270. The molecule has 4 aromatic rings. The van der Waals surface area contributed by atoms with E-state index in [9.17, 15) is 9.90 Å². The summed E-state index contributed by atoms with van der Waals surface area (Å²) in [5.74, 6) is 1.84. The number of benzene rings is 3. The van der Waals surface area contributed by atoms with E-state index in [1.54, 1.807) is 18.3 Å². The number of carbonyl (C=O) groups excluding carboxylic acids is 1. The Balaban J connectivity index is 1.37. The van der Waals surface area contributed by atoms with Gasteiger partial charge < -0.3 is 29.6 Å². The van der Waals surface area contributed by atoms with Gasteiger partial charge in [0.05, 0.1) is 31.6 Å². The standard InChI is InChI=1S/C34H39N3O5/c1-23(2)26-9-5-8-25(15-26)21-35-22-32(38)31-17-24-7-6-10-29(16-24)40-12-3-4-13-41-30-19-27(33(39)37-31)18-28(20-30)34-36-11-14-42-34/h5-11,14-16,18-20,23,31-32,35,38H,3-4,12-13,17,21-22H2,1-2H3,(H,37,39)/t31-,32+/m0/s1. The van der Waals surface area contributed by atoms with E-state index in [0.717, 1.165) is 29.7 Å². The third kappa shape index (κ3) is 7.99. The first-order chi connectivity index (χ1) is 20.4. The lowest BCUT2D eigenvalue weighted by Crippen LogP contribution is -2.48. The highest BCUT2D eigenvalue weighted by atomic mass is 16.5. The molecule has 5 rings (SSSR count). The number of aromatic nitrogens is 1. The van der Waals surface area contributed by atoms with Gasteiger partial charge in [0, 0.05) is 24.2 Å². The molecule has 0 fully saturated rings. The van der Waals surface area contributed by atoms with Crippen molar-refractivity contribution in [2.24, 2.45) is 0 Å². The Morgan fingerprint density at radius 3 is 2.55 bits per heavy atom. The number of aliphatic hydroxyl groups excluding tert-OH is 1. The summed E-state index contributed by atoms with van der Waals surface area (Å²) in [7, 11) is 0. The molecule has 2 atom stereocenters. The van der Waals surface area contributed by atoms with Gasteiger partial charge in [-0.05, 0) is 72.2 Å². The second-order valence-electron chi connectivity index (χ2n) is 11.0. The zero-order chi connectivity index (χ0) is 29.3. The number of fused-ring (bicyclic) bond motifs is 4. The molecule has 0 saturated heterocycles. The fraction of sp³-hybridized carbons (Fsp3) is 0.353. The average molecular weight is 570 g/mol. The van der Waals surface area contributed by atoms with E-state index in [2.05, 4.69) is 53.7 Å². The Morgan fingerprint density at radius 2 is 1.76 bits per heavy atom. The van der Waals surface area contributed by atoms with E-state index < -0.39 is 12.1 Å². The van der Waals surface area contributed by atoms with Crippen LogP contribution in [0, 0.1) is 0 Å². The van der Waals surface area contributed by atoms with E-state index in [0.29, 0.717) is 61.4 Å². The molecule has 0 aliphatic carbocycles. The van der Waals surface area contributed by atoms with Crippen LogP contribution in [0.2, 0.25) is 0 Å². The van der Waals surface area contributed by atoms with Crippen LogP contribution in [-0.4, -0.2) is 47.9 Å². The molecule has 0 spiro atoms. The highest BCUT2D eigenvalue weighted by Crippen LogP contribution is 2.26. The molecule has 3 N–H and O–H groups in total. The number of nitrogens with one attached hydrogen (secondary N) is 2. The van der Waals surface area contributed by atoms with Gasteiger partial charge in [-0.2, -0.15) is 0 Å². The predicted octanol–water partition coefficient (Wildman–Crippen LogP) is 5.51. The molecule has 220 valence electrons. The van der Waals surface area contributed by atoms with E-state index in [-0.39, 0.29) is 5.91 Å². The molecule has 0 unspecified atom stereocenters. The van der Waals surface area contributed by atoms with Crippen LogP contribution in [0.5, 0.6) is 11.5 Å². The fourth-order valence-corrected chi connectivity index (χ4v) is 5.01. The molecular formula is C34H39N3O5. The van der Waals surface area contributed by atoms with Crippen LogP contribution in [0.1, 0.15) is 59.7 Å². The molecule has 1 aromatic heterocycles. The Hall–Kier alpha value is -4.14. The van der Waals surface area contributed by atoms with Crippen molar-refractivity contribution >= 4 is 5.91 Å². The van der Waals surface area contributed by atoms with Gasteiger partial charge in [0.15, 0.2) is 0 Å². The third-order valence-electron chi connectivity index (χ3n) is 7.36. The minimum atomic E-state index is -0.851. The number of oxazole rings is 1. The van der Waals surface area contributed by atoms with Crippen molar-refractivity contribution in [2.75, 3.05) is 19.8 Å². The topological polar surface area (TPSA) is 106 Å². The molecule has 8 nitrogen and oxygen atoms in total. The normalized spacial score (nSPS) is 16.8. The van der Waals surface area contributed by atoms with Gasteiger partial charge >= 0.3 is 0 Å². The van der Waals surface area contributed by atoms with Crippen LogP contribution in [0.3, 0.4) is 0 Å². The van der Waals surface area contributed by atoms with Crippen molar-refractivity contribution in [1.29, 1.82) is 0 Å². The van der Waals surface area contributed by atoms with Crippen LogP contribution in [0.15, 0.2) is 83.6 Å². The lowest BCUT2D eigenvalue weighted by Gasteiger charge is -2.25. The Bertz CT molecular complexity index is 1450. The Kier molecular flexibility index (Phi) is 9.90. The predicted molar refractivity (Wildman–Crippen MR) is 162 cm³/mol. The molecular weight excluding hydrogens is 530 g/mol. The smallest absolute Gasteiger partial charge is 0.251 e. The van der Waals surface area contributed by atoms with Gasteiger partial charge in [-0.1, -0.05) is 50.2 Å². The summed E-state index contributed by atoms with van der Waals surface area (Å²) in [6.45, 7) is 6.31. The summed E-state index contributed by atoms with van der Waals surface area (Å²) in [4.78, 5) is 17.9. The molecule has 8 heteroatoms. The zero-order valence-electron chi connectivity index (χ0n) is 24.2. The van der Waals surface area contributed by atoms with Crippen molar-refractivity contribution in [1.82, 2.24) is 15.6 Å². The first-order valence-electron chi connectivity index (χ1n) is 14.6. The molecule has 3 aromatic carbocycles. The molecule has 4 bridgehead atoms. The SMILES string of the molecule is CC(C)c1cccc(CNC[C@@H](O)[C@@H]2Cc3cccc(c3)OCCCCOc3cc(cc(-c4ncco4)c3)C(=O)N2)c1. The number of nitrogens with zero attached hydrogens (tertiary/aromatic N) is 1. The monoisotopic (exact) mass is 569 g/mol. The van der Waals surface area contributed by atoms with Gasteiger partial charge in [-0.15, -0.1) is 0 Å². The first-order valence-corrected chi connectivity index (χ1v) is 14.6. The van der Waals surface area contributed by atoms with Gasteiger partial charge in [-0.3, -0.25) is 4.79 Å². The summed E-state index contributed by atoms with van der Waals surface area (Å²) in [5, 5.41) is 17.8. The molecule has 0 radical (unpaired) electrons. The summed E-state index contributed by atoms with van der Waals surface area (Å²) in [6.07, 6.45) is 4.26. The highest BCUT2D eigenvalue weighted by molar-refractivity contribution is 5.96. The lowest BCUT2D eigenvalue weighted by atomic mass is 9.99. The van der Waals surface area contributed by atoms with Gasteiger partial charge in [-0.25, -0.2) is 4.98 Å². The maximum absolute atomic E-state index is 13.7. The number of ether oxygens (including phenoxy) is 2. The zero-order valence-corrected chi connectivity index (χ0v) is 24.2. The largest absolute Gasteiger partial charge is 0.494 e. The van der Waals surface area contributed by atoms with Crippen LogP contribution >= 0.6 is 0 Å². The summed E-state index contributed by atoms with van der Waals surface area (Å²) >= 11 is 0. The number of aliphatic hydroxyl groups is 1. The van der Waals surface area contributed by atoms with Crippen LogP contribution in [0.25, 0.3) is 11.5 Å². The maximum Gasteiger partial charge on any atom is 0.251 e. The van der Waals surface area contributed by atoms with Crippen molar-refractivity contribution in [2.45, 2.75) is 57.7 Å². The first kappa shape index (κ1) is 29.4. The third-order valence-corrected chi connectivity index (χ3v) is 7.36. The number of rotatable bonds is 7. The van der Waals surface area contributed by atoms with Gasteiger partial charge in [0.2, 0.25) is 5.89 Å². The summed E-state index contributed by atoms with van der Waals surface area (Å²) < 4.78 is 17.5. The average Bonchev–Trinajstić information content (AvgIpc) is 3.54. The van der Waals surface area contributed by atoms with Crippen molar-refractivity contribution in [3.8, 4) is 23.0 Å². The van der Waals surface area contributed by atoms with Crippen LogP contribution in [-0.2, 0) is 13.0 Å². The molecule has 1 amide bonds. The van der Waals surface area contributed by atoms with E-state index >= 15 is 0 Å². The minimum Gasteiger partial charge on any atom is -0.494 e. The van der Waals surface area contributed by atoms with E-state index in [1.165, 1.54) is 11.8 Å². The lowest BCUT2D eigenvalue weighted by molar-refractivity contribution is 0.0829. The second kappa shape index (κ2) is 14.2. The number of hydrogen-bond acceptors (Lipinski definition) is 7. The van der Waals surface area contributed by atoms with Crippen molar-refractivity contribution < 1.29 is 23.8 Å². The number of amides is 1. The minimum absolute atomic E-state index is 0.303. The van der Waals surface area contributed by atoms with E-state index in [4.69, 9.17) is 13.9 Å². The highest BCUT2D eigenvalue weighted by Gasteiger charge is 2.24. The van der Waals surface area contributed by atoms with Crippen LogP contribution in [0.4, 0.5) is 0 Å². The van der Waals surface area contributed by atoms with Gasteiger partial charge in [0.1, 0.15) is 17.8 Å². The fourth-order valence-electron chi connectivity index (χ4n) is 5.01. The Labute approximate surface area is 247 Å². The second-order valence-corrected chi connectivity index (χ2v) is 11.0. The molecule has 2 heterocycles. The van der Waals surface area contributed by atoms with Gasteiger partial charge in [0.25, 0.3) is 5.91 Å². The molecule has 42 heavy (non-hydrogen) atoms. The van der Waals surface area contributed by atoms with Crippen molar-refractivity contribution in [3.63, 3.8) is 0 Å². The summed E-state index contributed by atoms with van der Waals surface area (Å²) in [5.41, 5.74) is 4.43. The summed E-state index contributed by atoms with van der Waals surface area (Å²) in [6, 6.07) is 21.0.